The number of benzene rings is 2. The lowest BCUT2D eigenvalue weighted by Gasteiger charge is -2.09. The van der Waals surface area contributed by atoms with Crippen molar-refractivity contribution < 1.29 is 9.53 Å². The van der Waals surface area contributed by atoms with Gasteiger partial charge in [-0.1, -0.05) is 27.5 Å². The number of amides is 1. The largest absolute Gasteiger partial charge is 0.495 e. The Morgan fingerprint density at radius 2 is 2.09 bits per heavy atom. The van der Waals surface area contributed by atoms with E-state index in [0.717, 1.165) is 14.9 Å². The SMILES string of the molecule is COc1ccc(NC(=O)CSc2ccc(Br)cc2C)cc1Cl. The molecule has 0 aliphatic heterocycles. The van der Waals surface area contributed by atoms with Crippen LogP contribution in [0.4, 0.5) is 5.69 Å². The molecule has 0 bridgehead atoms. The van der Waals surface area contributed by atoms with Crippen LogP contribution in [0.2, 0.25) is 5.02 Å². The second-order valence-electron chi connectivity index (χ2n) is 4.60. The second-order valence-corrected chi connectivity index (χ2v) is 6.94. The van der Waals surface area contributed by atoms with Crippen molar-refractivity contribution in [1.29, 1.82) is 0 Å². The Balaban J connectivity index is 1.94. The minimum Gasteiger partial charge on any atom is -0.495 e. The summed E-state index contributed by atoms with van der Waals surface area (Å²) in [7, 11) is 1.55. The minimum atomic E-state index is -0.0754. The number of carbonyl (C=O) groups is 1. The molecule has 6 heteroatoms. The zero-order valence-electron chi connectivity index (χ0n) is 12.2. The van der Waals surface area contributed by atoms with Gasteiger partial charge in [0.2, 0.25) is 5.91 Å². The highest BCUT2D eigenvalue weighted by molar-refractivity contribution is 9.10. The molecule has 1 amide bonds. The van der Waals surface area contributed by atoms with Crippen molar-refractivity contribution in [2.45, 2.75) is 11.8 Å². The first-order chi connectivity index (χ1) is 10.5. The number of anilines is 1. The van der Waals surface area contributed by atoms with Crippen molar-refractivity contribution in [1.82, 2.24) is 0 Å². The number of thioether (sulfide) groups is 1. The quantitative estimate of drug-likeness (QED) is 0.705. The third-order valence-corrected chi connectivity index (χ3v) is 4.90. The molecule has 0 fully saturated rings. The van der Waals surface area contributed by atoms with Gasteiger partial charge in [0, 0.05) is 15.1 Å². The predicted octanol–water partition coefficient (Wildman–Crippen LogP) is 5.15. The molecule has 0 saturated heterocycles. The fraction of sp³-hybridized carbons (Fsp3) is 0.188. The number of nitrogens with one attached hydrogen (secondary N) is 1. The zero-order valence-corrected chi connectivity index (χ0v) is 15.3. The average molecular weight is 401 g/mol. The lowest BCUT2D eigenvalue weighted by atomic mass is 10.2. The summed E-state index contributed by atoms with van der Waals surface area (Å²) in [6.07, 6.45) is 0. The smallest absolute Gasteiger partial charge is 0.234 e. The summed E-state index contributed by atoms with van der Waals surface area (Å²) in [4.78, 5) is 13.1. The number of ether oxygens (including phenoxy) is 1. The molecule has 0 heterocycles. The number of hydrogen-bond acceptors (Lipinski definition) is 3. The molecule has 0 spiro atoms. The summed E-state index contributed by atoms with van der Waals surface area (Å²) >= 11 is 11.0. The summed E-state index contributed by atoms with van der Waals surface area (Å²) in [5.74, 6) is 0.847. The standard InChI is InChI=1S/C16H15BrClNO2S/c1-10-7-11(17)3-6-15(10)22-9-16(20)19-12-4-5-14(21-2)13(18)8-12/h3-8H,9H2,1-2H3,(H,19,20). The maximum absolute atomic E-state index is 12.0. The first-order valence-electron chi connectivity index (χ1n) is 6.52. The summed E-state index contributed by atoms with van der Waals surface area (Å²) in [6.45, 7) is 2.02. The molecule has 0 saturated carbocycles. The Labute approximate surface area is 147 Å². The zero-order chi connectivity index (χ0) is 16.1. The summed E-state index contributed by atoms with van der Waals surface area (Å²) in [6, 6.07) is 11.2. The van der Waals surface area contributed by atoms with E-state index in [0.29, 0.717) is 22.2 Å². The van der Waals surface area contributed by atoms with E-state index in [1.165, 1.54) is 11.8 Å². The van der Waals surface area contributed by atoms with Crippen LogP contribution in [0.15, 0.2) is 45.8 Å². The van der Waals surface area contributed by atoms with Gasteiger partial charge in [0.1, 0.15) is 5.75 Å². The van der Waals surface area contributed by atoms with Crippen LogP contribution >= 0.6 is 39.3 Å². The number of carbonyl (C=O) groups excluding carboxylic acids is 1. The molecule has 0 unspecified atom stereocenters. The summed E-state index contributed by atoms with van der Waals surface area (Å²) in [5, 5.41) is 3.30. The Kier molecular flexibility index (Phi) is 6.17. The van der Waals surface area contributed by atoms with E-state index < -0.39 is 0 Å². The van der Waals surface area contributed by atoms with Gasteiger partial charge >= 0.3 is 0 Å². The van der Waals surface area contributed by atoms with Crippen molar-refractivity contribution in [3.8, 4) is 5.75 Å². The van der Waals surface area contributed by atoms with E-state index >= 15 is 0 Å². The lowest BCUT2D eigenvalue weighted by molar-refractivity contribution is -0.113. The normalized spacial score (nSPS) is 10.4. The van der Waals surface area contributed by atoms with Gasteiger partial charge in [-0.2, -0.15) is 0 Å². The van der Waals surface area contributed by atoms with E-state index in [-0.39, 0.29) is 5.91 Å². The summed E-state index contributed by atoms with van der Waals surface area (Å²) in [5.41, 5.74) is 1.79. The van der Waals surface area contributed by atoms with Crippen molar-refractivity contribution in [2.75, 3.05) is 18.2 Å². The van der Waals surface area contributed by atoms with E-state index in [4.69, 9.17) is 16.3 Å². The fourth-order valence-electron chi connectivity index (χ4n) is 1.86. The highest BCUT2D eigenvalue weighted by Crippen LogP contribution is 2.28. The van der Waals surface area contributed by atoms with E-state index in [1.807, 2.05) is 25.1 Å². The number of methoxy groups -OCH3 is 1. The van der Waals surface area contributed by atoms with Gasteiger partial charge < -0.3 is 10.1 Å². The van der Waals surface area contributed by atoms with Gasteiger partial charge in [-0.25, -0.2) is 0 Å². The lowest BCUT2D eigenvalue weighted by Crippen LogP contribution is -2.14. The molecular formula is C16H15BrClNO2S. The van der Waals surface area contributed by atoms with Crippen LogP contribution in [0.5, 0.6) is 5.75 Å². The molecule has 2 aromatic carbocycles. The highest BCUT2D eigenvalue weighted by Gasteiger charge is 2.08. The second kappa shape index (κ2) is 7.90. The van der Waals surface area contributed by atoms with Crippen molar-refractivity contribution in [3.05, 3.63) is 51.5 Å². The molecule has 2 aromatic rings. The van der Waals surface area contributed by atoms with Crippen LogP contribution < -0.4 is 10.1 Å². The third kappa shape index (κ3) is 4.66. The summed E-state index contributed by atoms with van der Waals surface area (Å²) < 4.78 is 6.11. The van der Waals surface area contributed by atoms with Gasteiger partial charge in [-0.15, -0.1) is 11.8 Å². The van der Waals surface area contributed by atoms with Gasteiger partial charge in [-0.3, -0.25) is 4.79 Å². The van der Waals surface area contributed by atoms with Gasteiger partial charge in [-0.05, 0) is 48.9 Å². The maximum Gasteiger partial charge on any atom is 0.234 e. The molecule has 22 heavy (non-hydrogen) atoms. The van der Waals surface area contributed by atoms with Gasteiger partial charge in [0.15, 0.2) is 0 Å². The molecule has 0 aliphatic carbocycles. The monoisotopic (exact) mass is 399 g/mol. The van der Waals surface area contributed by atoms with Crippen LogP contribution in [0.1, 0.15) is 5.56 Å². The molecule has 116 valence electrons. The van der Waals surface area contributed by atoms with Gasteiger partial charge in [0.25, 0.3) is 0 Å². The molecule has 0 aliphatic rings. The molecule has 2 rings (SSSR count). The Morgan fingerprint density at radius 1 is 1.32 bits per heavy atom. The maximum atomic E-state index is 12.0. The molecule has 0 atom stereocenters. The van der Waals surface area contributed by atoms with Crippen LogP contribution in [0.25, 0.3) is 0 Å². The molecule has 0 aromatic heterocycles. The molecule has 3 nitrogen and oxygen atoms in total. The van der Waals surface area contributed by atoms with E-state index in [2.05, 4.69) is 21.2 Å². The number of aryl methyl sites for hydroxylation is 1. The highest BCUT2D eigenvalue weighted by atomic mass is 79.9. The van der Waals surface area contributed by atoms with Crippen LogP contribution in [-0.2, 0) is 4.79 Å². The predicted molar refractivity (Wildman–Crippen MR) is 96.2 cm³/mol. The fourth-order valence-corrected chi connectivity index (χ4v) is 3.40. The molecular weight excluding hydrogens is 386 g/mol. The Hall–Kier alpha value is -1.17. The van der Waals surface area contributed by atoms with E-state index in [9.17, 15) is 4.79 Å². The van der Waals surface area contributed by atoms with Crippen LogP contribution in [-0.4, -0.2) is 18.8 Å². The number of halogens is 2. The Morgan fingerprint density at radius 3 is 2.73 bits per heavy atom. The van der Waals surface area contributed by atoms with E-state index in [1.54, 1.807) is 25.3 Å². The van der Waals surface area contributed by atoms with Crippen LogP contribution in [0.3, 0.4) is 0 Å². The van der Waals surface area contributed by atoms with Gasteiger partial charge in [0.05, 0.1) is 17.9 Å². The molecule has 0 radical (unpaired) electrons. The number of rotatable bonds is 5. The molecule has 1 N–H and O–H groups in total. The van der Waals surface area contributed by atoms with Crippen molar-refractivity contribution in [2.24, 2.45) is 0 Å². The average Bonchev–Trinajstić information content (AvgIpc) is 2.46. The minimum absolute atomic E-state index is 0.0754. The first kappa shape index (κ1) is 17.2. The van der Waals surface area contributed by atoms with Crippen LogP contribution in [0, 0.1) is 6.92 Å². The van der Waals surface area contributed by atoms with Crippen molar-refractivity contribution in [3.63, 3.8) is 0 Å². The Bertz CT molecular complexity index is 694. The third-order valence-electron chi connectivity index (χ3n) is 2.93. The number of hydrogen-bond donors (Lipinski definition) is 1. The first-order valence-corrected chi connectivity index (χ1v) is 8.67. The topological polar surface area (TPSA) is 38.3 Å². The van der Waals surface area contributed by atoms with Crippen molar-refractivity contribution >= 4 is 50.9 Å².